The minimum absolute atomic E-state index is 0.0293. The van der Waals surface area contributed by atoms with E-state index in [0.29, 0.717) is 0 Å². The van der Waals surface area contributed by atoms with Gasteiger partial charge in [0.05, 0.1) is 11.9 Å². The van der Waals surface area contributed by atoms with Crippen LogP contribution in [0.5, 0.6) is 0 Å². The molecule has 116 valence electrons. The van der Waals surface area contributed by atoms with Crippen molar-refractivity contribution in [2.45, 2.75) is 25.5 Å². The quantitative estimate of drug-likeness (QED) is 0.455. The van der Waals surface area contributed by atoms with E-state index in [0.717, 1.165) is 4.90 Å². The summed E-state index contributed by atoms with van der Waals surface area (Å²) in [4.78, 5) is 23.7. The van der Waals surface area contributed by atoms with Crippen LogP contribution in [-0.4, -0.2) is 73.1 Å². The molecule has 1 aliphatic rings. The maximum Gasteiger partial charge on any atom is 0.326 e. The summed E-state index contributed by atoms with van der Waals surface area (Å²) in [5.41, 5.74) is 0. The maximum absolute atomic E-state index is 11.8. The molecule has 0 aromatic carbocycles. The summed E-state index contributed by atoms with van der Waals surface area (Å²) in [5, 5.41) is 20.7. The molecule has 2 amide bonds. The van der Waals surface area contributed by atoms with Crippen LogP contribution in [0.2, 0.25) is 0 Å². The van der Waals surface area contributed by atoms with Crippen molar-refractivity contribution in [2.24, 2.45) is 0 Å². The van der Waals surface area contributed by atoms with E-state index in [1.807, 2.05) is 0 Å². The van der Waals surface area contributed by atoms with Crippen molar-refractivity contribution in [3.8, 4) is 0 Å². The number of carbonyl (C=O) groups is 2. The molecule has 1 fully saturated rings. The number of aliphatic hydroxyl groups is 1. The Bertz CT molecular complexity index is 466. The van der Waals surface area contributed by atoms with E-state index in [1.165, 1.54) is 0 Å². The van der Waals surface area contributed by atoms with Crippen LogP contribution >= 0.6 is 0 Å². The number of rotatable bonds is 6. The Balaban J connectivity index is 2.48. The number of aliphatic hydroxyl groups excluding tert-OH is 1. The lowest BCUT2D eigenvalue weighted by Crippen LogP contribution is -2.47. The second-order valence-electron chi connectivity index (χ2n) is 4.44. The van der Waals surface area contributed by atoms with Crippen LogP contribution in [-0.2, 0) is 14.8 Å². The Morgan fingerprint density at radius 3 is 2.60 bits per heavy atom. The number of carboxylic acids is 1. The normalized spacial score (nSPS) is 22.8. The first-order valence-corrected chi connectivity index (χ1v) is 7.84. The molecular formula is C10H19N3O6S. The van der Waals surface area contributed by atoms with Gasteiger partial charge in [0.25, 0.3) is 0 Å². The molecule has 0 spiro atoms. The van der Waals surface area contributed by atoms with Gasteiger partial charge >= 0.3 is 12.0 Å². The molecule has 1 aliphatic heterocycles. The summed E-state index contributed by atoms with van der Waals surface area (Å²) < 4.78 is 25.0. The number of sulfonamides is 1. The van der Waals surface area contributed by atoms with Crippen LogP contribution < -0.4 is 10.0 Å². The molecule has 4 N–H and O–H groups in total. The molecule has 1 saturated heterocycles. The van der Waals surface area contributed by atoms with Crippen molar-refractivity contribution < 1.29 is 28.2 Å². The second kappa shape index (κ2) is 6.86. The zero-order chi connectivity index (χ0) is 15.3. The number of nitrogens with one attached hydrogen (secondary N) is 2. The number of hydrogen-bond acceptors (Lipinski definition) is 5. The fourth-order valence-corrected chi connectivity index (χ4v) is 2.91. The van der Waals surface area contributed by atoms with Crippen LogP contribution in [0.4, 0.5) is 4.79 Å². The largest absolute Gasteiger partial charge is 0.480 e. The lowest BCUT2D eigenvalue weighted by molar-refractivity contribution is -0.141. The van der Waals surface area contributed by atoms with Gasteiger partial charge in [-0.3, -0.25) is 0 Å². The Morgan fingerprint density at radius 2 is 2.05 bits per heavy atom. The van der Waals surface area contributed by atoms with Crippen molar-refractivity contribution >= 4 is 22.0 Å². The SMILES string of the molecule is CCNS(=O)(=O)CCNC(=O)N1C[C@H](O)C[C@H]1C(=O)O. The highest BCUT2D eigenvalue weighted by atomic mass is 32.2. The highest BCUT2D eigenvalue weighted by molar-refractivity contribution is 7.89. The first kappa shape index (κ1) is 16.7. The summed E-state index contributed by atoms with van der Waals surface area (Å²) in [6.45, 7) is 1.69. The lowest BCUT2D eigenvalue weighted by Gasteiger charge is -2.21. The summed E-state index contributed by atoms with van der Waals surface area (Å²) in [7, 11) is -3.44. The molecule has 0 unspecified atom stereocenters. The number of carbonyl (C=O) groups excluding carboxylic acids is 1. The summed E-state index contributed by atoms with van der Waals surface area (Å²) >= 11 is 0. The summed E-state index contributed by atoms with van der Waals surface area (Å²) in [6, 6.07) is -1.78. The van der Waals surface area contributed by atoms with Gasteiger partial charge in [-0.2, -0.15) is 0 Å². The summed E-state index contributed by atoms with van der Waals surface area (Å²) in [5.74, 6) is -1.49. The van der Waals surface area contributed by atoms with E-state index >= 15 is 0 Å². The zero-order valence-corrected chi connectivity index (χ0v) is 11.9. The van der Waals surface area contributed by atoms with Gasteiger partial charge < -0.3 is 20.4 Å². The summed E-state index contributed by atoms with van der Waals surface area (Å²) in [6.07, 6.45) is -0.911. The Labute approximate surface area is 117 Å². The van der Waals surface area contributed by atoms with Gasteiger partial charge in [-0.15, -0.1) is 0 Å². The molecule has 0 aliphatic carbocycles. The van der Waals surface area contributed by atoms with Crippen molar-refractivity contribution in [1.82, 2.24) is 14.9 Å². The van der Waals surface area contributed by atoms with Crippen molar-refractivity contribution in [2.75, 3.05) is 25.4 Å². The highest BCUT2D eigenvalue weighted by Gasteiger charge is 2.38. The fourth-order valence-electron chi connectivity index (χ4n) is 1.96. The molecule has 9 nitrogen and oxygen atoms in total. The molecule has 20 heavy (non-hydrogen) atoms. The number of hydrogen-bond donors (Lipinski definition) is 4. The van der Waals surface area contributed by atoms with E-state index in [9.17, 15) is 23.1 Å². The van der Waals surface area contributed by atoms with Crippen molar-refractivity contribution in [3.05, 3.63) is 0 Å². The predicted octanol–water partition coefficient (Wildman–Crippen LogP) is -1.84. The molecule has 10 heteroatoms. The first-order chi connectivity index (χ1) is 9.26. The fraction of sp³-hybridized carbons (Fsp3) is 0.800. The Kier molecular flexibility index (Phi) is 5.72. The third-order valence-corrected chi connectivity index (χ3v) is 4.31. The van der Waals surface area contributed by atoms with Gasteiger partial charge in [0, 0.05) is 26.1 Å². The van der Waals surface area contributed by atoms with Crippen molar-refractivity contribution in [3.63, 3.8) is 0 Å². The number of nitrogens with zero attached hydrogens (tertiary/aromatic N) is 1. The van der Waals surface area contributed by atoms with E-state index in [1.54, 1.807) is 6.92 Å². The molecular weight excluding hydrogens is 290 g/mol. The topological polar surface area (TPSA) is 136 Å². The smallest absolute Gasteiger partial charge is 0.326 e. The van der Waals surface area contributed by atoms with Gasteiger partial charge in [0.1, 0.15) is 6.04 Å². The van der Waals surface area contributed by atoms with Gasteiger partial charge in [-0.25, -0.2) is 22.7 Å². The molecule has 2 atom stereocenters. The molecule has 0 bridgehead atoms. The molecule has 0 aromatic heterocycles. The van der Waals surface area contributed by atoms with Gasteiger partial charge in [0.15, 0.2) is 0 Å². The van der Waals surface area contributed by atoms with Crippen LogP contribution in [0.15, 0.2) is 0 Å². The van der Waals surface area contributed by atoms with Gasteiger partial charge in [-0.05, 0) is 0 Å². The second-order valence-corrected chi connectivity index (χ2v) is 6.37. The predicted molar refractivity (Wildman–Crippen MR) is 69.6 cm³/mol. The average Bonchev–Trinajstić information content (AvgIpc) is 2.71. The van der Waals surface area contributed by atoms with E-state index in [2.05, 4.69) is 10.0 Å². The van der Waals surface area contributed by atoms with Crippen LogP contribution in [0.25, 0.3) is 0 Å². The molecule has 0 aromatic rings. The minimum Gasteiger partial charge on any atom is -0.480 e. The average molecular weight is 309 g/mol. The number of aliphatic carboxylic acids is 1. The number of β-amino-alcohol motifs (C(OH)–C–C–N with tert-alkyl or cyclic N) is 1. The number of likely N-dealkylation sites (tertiary alicyclic amines) is 1. The molecule has 1 heterocycles. The van der Waals surface area contributed by atoms with E-state index < -0.39 is 34.2 Å². The number of urea groups is 1. The number of amides is 2. The molecule has 0 radical (unpaired) electrons. The van der Waals surface area contributed by atoms with E-state index in [-0.39, 0.29) is 31.8 Å². The maximum atomic E-state index is 11.8. The Hall–Kier alpha value is -1.39. The van der Waals surface area contributed by atoms with Gasteiger partial charge in [-0.1, -0.05) is 6.92 Å². The van der Waals surface area contributed by atoms with Gasteiger partial charge in [0.2, 0.25) is 10.0 Å². The van der Waals surface area contributed by atoms with Crippen LogP contribution in [0, 0.1) is 0 Å². The Morgan fingerprint density at radius 1 is 1.40 bits per heavy atom. The third-order valence-electron chi connectivity index (χ3n) is 2.84. The number of carboxylic acid groups (broad SMARTS) is 1. The van der Waals surface area contributed by atoms with Crippen LogP contribution in [0.3, 0.4) is 0 Å². The molecule has 1 rings (SSSR count). The zero-order valence-electron chi connectivity index (χ0n) is 11.1. The van der Waals surface area contributed by atoms with E-state index in [4.69, 9.17) is 5.11 Å². The molecule has 0 saturated carbocycles. The monoisotopic (exact) mass is 309 g/mol. The first-order valence-electron chi connectivity index (χ1n) is 6.19. The van der Waals surface area contributed by atoms with Crippen molar-refractivity contribution in [1.29, 1.82) is 0 Å². The standard InChI is InChI=1S/C10H19N3O6S/c1-2-12-20(18,19)4-3-11-10(17)13-6-7(14)5-8(13)9(15)16/h7-8,12,14H,2-6H2,1H3,(H,11,17)(H,15,16)/t7-,8+/m1/s1. The highest BCUT2D eigenvalue weighted by Crippen LogP contribution is 2.17. The lowest BCUT2D eigenvalue weighted by atomic mass is 10.2. The van der Waals surface area contributed by atoms with Crippen LogP contribution in [0.1, 0.15) is 13.3 Å². The minimum atomic E-state index is -3.44. The third kappa shape index (κ3) is 4.62.